The molecule has 3 heteroatoms. The minimum absolute atomic E-state index is 0.147. The average Bonchev–Trinajstić information content (AvgIpc) is 2.12. The van der Waals surface area contributed by atoms with E-state index < -0.39 is 0 Å². The molecule has 1 aliphatic rings. The number of hydrogen-bond acceptors (Lipinski definition) is 3. The zero-order valence-electron chi connectivity index (χ0n) is 11.5. The van der Waals surface area contributed by atoms with Gasteiger partial charge in [0.2, 0.25) is 0 Å². The first-order valence-corrected chi connectivity index (χ1v) is 6.44. The summed E-state index contributed by atoms with van der Waals surface area (Å²) in [5, 5.41) is 10.2. The molecule has 0 aromatic carbocycles. The van der Waals surface area contributed by atoms with Gasteiger partial charge in [0, 0.05) is 19.1 Å². The molecule has 0 heterocycles. The van der Waals surface area contributed by atoms with Crippen LogP contribution in [-0.4, -0.2) is 61.3 Å². The van der Waals surface area contributed by atoms with Crippen LogP contribution in [0.2, 0.25) is 0 Å². The fourth-order valence-electron chi connectivity index (χ4n) is 3.04. The zero-order valence-corrected chi connectivity index (χ0v) is 11.5. The maximum atomic E-state index is 10.2. The fourth-order valence-corrected chi connectivity index (χ4v) is 3.04. The van der Waals surface area contributed by atoms with E-state index in [-0.39, 0.29) is 6.10 Å². The molecule has 1 aliphatic carbocycles. The van der Waals surface area contributed by atoms with Gasteiger partial charge in [0.15, 0.2) is 0 Å². The van der Waals surface area contributed by atoms with Gasteiger partial charge >= 0.3 is 0 Å². The SMILES string of the molecule is CC1CC(C)C(N(C)CCN(C)C)C(O)C1. The van der Waals surface area contributed by atoms with Crippen LogP contribution in [0.25, 0.3) is 0 Å². The number of aliphatic hydroxyl groups excluding tert-OH is 1. The Hall–Kier alpha value is -0.120. The molecular weight excluding hydrogens is 200 g/mol. The molecule has 1 saturated carbocycles. The van der Waals surface area contributed by atoms with Gasteiger partial charge < -0.3 is 10.0 Å². The van der Waals surface area contributed by atoms with Gasteiger partial charge in [-0.3, -0.25) is 4.90 Å². The van der Waals surface area contributed by atoms with Crippen LogP contribution in [0, 0.1) is 11.8 Å². The summed E-state index contributed by atoms with van der Waals surface area (Å²) in [5.41, 5.74) is 0. The Bertz CT molecular complexity index is 196. The normalized spacial score (nSPS) is 36.0. The Balaban J connectivity index is 2.49. The monoisotopic (exact) mass is 228 g/mol. The summed E-state index contributed by atoms with van der Waals surface area (Å²) < 4.78 is 0. The van der Waals surface area contributed by atoms with Gasteiger partial charge in [-0.05, 0) is 45.8 Å². The second-order valence-corrected chi connectivity index (χ2v) is 5.90. The molecule has 0 amide bonds. The Morgan fingerprint density at radius 3 is 2.19 bits per heavy atom. The molecule has 4 atom stereocenters. The molecule has 0 bridgehead atoms. The summed E-state index contributed by atoms with van der Waals surface area (Å²) in [4.78, 5) is 4.53. The number of rotatable bonds is 4. The van der Waals surface area contributed by atoms with Gasteiger partial charge in [-0.25, -0.2) is 0 Å². The molecule has 0 aromatic heterocycles. The summed E-state index contributed by atoms with van der Waals surface area (Å²) in [7, 11) is 6.33. The lowest BCUT2D eigenvalue weighted by Crippen LogP contribution is -2.51. The lowest BCUT2D eigenvalue weighted by molar-refractivity contribution is -0.0154. The lowest BCUT2D eigenvalue weighted by atomic mass is 9.77. The molecule has 1 rings (SSSR count). The zero-order chi connectivity index (χ0) is 12.3. The van der Waals surface area contributed by atoms with Gasteiger partial charge in [-0.1, -0.05) is 13.8 Å². The van der Waals surface area contributed by atoms with Crippen molar-refractivity contribution in [1.82, 2.24) is 9.80 Å². The standard InChI is InChI=1S/C13H28N2O/c1-10-8-11(2)13(12(16)9-10)15(5)7-6-14(3)4/h10-13,16H,6-9H2,1-5H3. The Kier molecular flexibility index (Phi) is 5.22. The van der Waals surface area contributed by atoms with Gasteiger partial charge in [0.1, 0.15) is 0 Å². The molecule has 0 saturated heterocycles. The highest BCUT2D eigenvalue weighted by Crippen LogP contribution is 2.31. The van der Waals surface area contributed by atoms with Crippen molar-refractivity contribution in [3.05, 3.63) is 0 Å². The van der Waals surface area contributed by atoms with Crippen LogP contribution >= 0.6 is 0 Å². The highest BCUT2D eigenvalue weighted by Gasteiger charge is 2.34. The van der Waals surface area contributed by atoms with E-state index in [0.717, 1.165) is 19.5 Å². The maximum Gasteiger partial charge on any atom is 0.0700 e. The first kappa shape index (κ1) is 13.9. The van der Waals surface area contributed by atoms with E-state index >= 15 is 0 Å². The van der Waals surface area contributed by atoms with E-state index in [2.05, 4.69) is 44.8 Å². The van der Waals surface area contributed by atoms with Crippen molar-refractivity contribution in [2.75, 3.05) is 34.2 Å². The molecule has 0 aromatic rings. The van der Waals surface area contributed by atoms with E-state index in [9.17, 15) is 5.11 Å². The van der Waals surface area contributed by atoms with Crippen LogP contribution in [0.1, 0.15) is 26.7 Å². The summed E-state index contributed by atoms with van der Waals surface area (Å²) in [6.07, 6.45) is 2.06. The van der Waals surface area contributed by atoms with Crippen LogP contribution < -0.4 is 0 Å². The smallest absolute Gasteiger partial charge is 0.0700 e. The van der Waals surface area contributed by atoms with Crippen molar-refractivity contribution < 1.29 is 5.11 Å². The quantitative estimate of drug-likeness (QED) is 0.785. The summed E-state index contributed by atoms with van der Waals surface area (Å²) in [6.45, 7) is 6.61. The molecule has 96 valence electrons. The molecule has 0 radical (unpaired) electrons. The second kappa shape index (κ2) is 5.99. The Morgan fingerprint density at radius 1 is 1.06 bits per heavy atom. The second-order valence-electron chi connectivity index (χ2n) is 5.90. The van der Waals surface area contributed by atoms with Crippen LogP contribution in [0.3, 0.4) is 0 Å². The Labute approximate surface area is 100 Å². The molecule has 1 fully saturated rings. The molecule has 3 nitrogen and oxygen atoms in total. The maximum absolute atomic E-state index is 10.2. The lowest BCUT2D eigenvalue weighted by Gasteiger charge is -2.42. The first-order valence-electron chi connectivity index (χ1n) is 6.44. The summed E-state index contributed by atoms with van der Waals surface area (Å²) >= 11 is 0. The molecule has 4 unspecified atom stereocenters. The topological polar surface area (TPSA) is 26.7 Å². The van der Waals surface area contributed by atoms with E-state index in [1.165, 1.54) is 6.42 Å². The average molecular weight is 228 g/mol. The Morgan fingerprint density at radius 2 is 1.69 bits per heavy atom. The number of hydrogen-bond donors (Lipinski definition) is 1. The first-order chi connectivity index (χ1) is 7.41. The van der Waals surface area contributed by atoms with Crippen molar-refractivity contribution in [3.63, 3.8) is 0 Å². The minimum atomic E-state index is -0.147. The van der Waals surface area contributed by atoms with Gasteiger partial charge in [0.05, 0.1) is 6.10 Å². The van der Waals surface area contributed by atoms with Gasteiger partial charge in [-0.15, -0.1) is 0 Å². The predicted octanol–water partition coefficient (Wildman–Crippen LogP) is 1.28. The van der Waals surface area contributed by atoms with Crippen molar-refractivity contribution in [2.45, 2.75) is 38.8 Å². The van der Waals surface area contributed by atoms with E-state index in [1.807, 2.05) is 0 Å². The summed E-state index contributed by atoms with van der Waals surface area (Å²) in [6, 6.07) is 0.344. The number of nitrogens with zero attached hydrogens (tertiary/aromatic N) is 2. The fraction of sp³-hybridized carbons (Fsp3) is 1.00. The molecule has 1 N–H and O–H groups in total. The van der Waals surface area contributed by atoms with Crippen molar-refractivity contribution >= 4 is 0 Å². The van der Waals surface area contributed by atoms with Crippen LogP contribution in [-0.2, 0) is 0 Å². The minimum Gasteiger partial charge on any atom is -0.391 e. The third-order valence-corrected chi connectivity index (χ3v) is 3.80. The van der Waals surface area contributed by atoms with Crippen LogP contribution in [0.15, 0.2) is 0 Å². The highest BCUT2D eigenvalue weighted by atomic mass is 16.3. The number of aliphatic hydroxyl groups is 1. The molecule has 0 aliphatic heterocycles. The van der Waals surface area contributed by atoms with Crippen LogP contribution in [0.5, 0.6) is 0 Å². The van der Waals surface area contributed by atoms with Gasteiger partial charge in [0.25, 0.3) is 0 Å². The van der Waals surface area contributed by atoms with Crippen LogP contribution in [0.4, 0.5) is 0 Å². The highest BCUT2D eigenvalue weighted by molar-refractivity contribution is 4.88. The third kappa shape index (κ3) is 3.72. The molecule has 16 heavy (non-hydrogen) atoms. The van der Waals surface area contributed by atoms with Crippen molar-refractivity contribution in [2.24, 2.45) is 11.8 Å². The van der Waals surface area contributed by atoms with E-state index in [1.54, 1.807) is 0 Å². The predicted molar refractivity (Wildman–Crippen MR) is 68.5 cm³/mol. The largest absolute Gasteiger partial charge is 0.391 e. The third-order valence-electron chi connectivity index (χ3n) is 3.80. The van der Waals surface area contributed by atoms with Crippen molar-refractivity contribution in [1.29, 1.82) is 0 Å². The summed E-state index contributed by atoms with van der Waals surface area (Å²) in [5.74, 6) is 1.27. The number of likely N-dealkylation sites (N-methyl/N-ethyl adjacent to an activating group) is 2. The van der Waals surface area contributed by atoms with E-state index in [4.69, 9.17) is 0 Å². The van der Waals surface area contributed by atoms with E-state index in [0.29, 0.717) is 17.9 Å². The van der Waals surface area contributed by atoms with Gasteiger partial charge in [-0.2, -0.15) is 0 Å². The molecular formula is C13H28N2O. The van der Waals surface area contributed by atoms with Crippen molar-refractivity contribution in [3.8, 4) is 0 Å². The molecule has 0 spiro atoms.